The maximum absolute atomic E-state index is 12.0. The van der Waals surface area contributed by atoms with Crippen molar-refractivity contribution < 1.29 is 19.1 Å². The minimum Gasteiger partial charge on any atom is -0.455 e. The van der Waals surface area contributed by atoms with Gasteiger partial charge >= 0.3 is 11.9 Å². The lowest BCUT2D eigenvalue weighted by Crippen LogP contribution is -2.25. The molecule has 0 saturated heterocycles. The van der Waals surface area contributed by atoms with E-state index in [4.69, 9.17) is 9.47 Å². The minimum atomic E-state index is -0.343. The Morgan fingerprint density at radius 1 is 0.680 bits per heavy atom. The van der Waals surface area contributed by atoms with E-state index in [1.807, 2.05) is 12.1 Å². The standard InChI is InChI=1S/C20H18O4.CH4/c21-19(15-7-3-1-4-8-15)23-17-11-13-18(14-12-17)24-20(22)16-9-5-2-6-10-16;/h1-11,13,17-18H,12,14H2;1H4. The van der Waals surface area contributed by atoms with Gasteiger partial charge in [0, 0.05) is 0 Å². The van der Waals surface area contributed by atoms with Gasteiger partial charge in [-0.25, -0.2) is 9.59 Å². The summed E-state index contributed by atoms with van der Waals surface area (Å²) in [4.78, 5) is 24.0. The summed E-state index contributed by atoms with van der Waals surface area (Å²) in [7, 11) is 0. The van der Waals surface area contributed by atoms with Crippen LogP contribution in [0.1, 0.15) is 41.0 Å². The lowest BCUT2D eigenvalue weighted by molar-refractivity contribution is 0.0223. The van der Waals surface area contributed by atoms with E-state index in [0.717, 1.165) is 0 Å². The Hall–Kier alpha value is -2.88. The predicted molar refractivity (Wildman–Crippen MR) is 96.4 cm³/mol. The van der Waals surface area contributed by atoms with Crippen LogP contribution in [-0.2, 0) is 9.47 Å². The highest BCUT2D eigenvalue weighted by Gasteiger charge is 2.22. The number of esters is 2. The molecule has 2 aromatic carbocycles. The van der Waals surface area contributed by atoms with E-state index in [9.17, 15) is 9.59 Å². The van der Waals surface area contributed by atoms with Gasteiger partial charge in [0.1, 0.15) is 12.2 Å². The first-order valence-electron chi connectivity index (χ1n) is 7.93. The maximum atomic E-state index is 12.0. The van der Waals surface area contributed by atoms with Crippen molar-refractivity contribution in [3.05, 3.63) is 83.9 Å². The number of rotatable bonds is 4. The molecule has 2 unspecified atom stereocenters. The van der Waals surface area contributed by atoms with Crippen LogP contribution in [0.3, 0.4) is 0 Å². The zero-order valence-corrected chi connectivity index (χ0v) is 13.1. The molecule has 0 spiro atoms. The molecule has 0 saturated carbocycles. The van der Waals surface area contributed by atoms with E-state index in [1.54, 1.807) is 60.7 Å². The zero-order valence-electron chi connectivity index (χ0n) is 13.1. The van der Waals surface area contributed by atoms with Gasteiger partial charge in [0.05, 0.1) is 11.1 Å². The number of hydrogen-bond acceptors (Lipinski definition) is 4. The number of ether oxygens (including phenoxy) is 2. The molecule has 2 aromatic rings. The molecule has 0 amide bonds. The first-order valence-corrected chi connectivity index (χ1v) is 7.93. The molecule has 2 atom stereocenters. The number of carbonyl (C=O) groups is 2. The summed E-state index contributed by atoms with van der Waals surface area (Å²) in [6.45, 7) is 0. The molecule has 25 heavy (non-hydrogen) atoms. The third kappa shape index (κ3) is 5.05. The van der Waals surface area contributed by atoms with E-state index in [1.165, 1.54) is 0 Å². The predicted octanol–water partition coefficient (Wildman–Crippen LogP) is 4.42. The van der Waals surface area contributed by atoms with E-state index in [2.05, 4.69) is 0 Å². The molecule has 0 N–H and O–H groups in total. The molecule has 0 aromatic heterocycles. The Kier molecular flexibility index (Phi) is 6.52. The van der Waals surface area contributed by atoms with Crippen molar-refractivity contribution in [2.75, 3.05) is 0 Å². The Balaban J connectivity index is 0.00000225. The van der Waals surface area contributed by atoms with Gasteiger partial charge in [-0.1, -0.05) is 43.8 Å². The molecule has 4 heteroatoms. The molecule has 1 aliphatic carbocycles. The largest absolute Gasteiger partial charge is 0.455 e. The normalized spacial score (nSPS) is 18.7. The highest BCUT2D eigenvalue weighted by atomic mass is 16.6. The summed E-state index contributed by atoms with van der Waals surface area (Å²) in [5.74, 6) is -0.685. The average Bonchev–Trinajstić information content (AvgIpc) is 2.65. The van der Waals surface area contributed by atoms with Crippen LogP contribution in [0.5, 0.6) is 0 Å². The fourth-order valence-corrected chi connectivity index (χ4v) is 2.52. The quantitative estimate of drug-likeness (QED) is 0.611. The van der Waals surface area contributed by atoms with Crippen LogP contribution in [0.15, 0.2) is 72.8 Å². The van der Waals surface area contributed by atoms with E-state index in [-0.39, 0.29) is 31.6 Å². The van der Waals surface area contributed by atoms with Gasteiger partial charge in [0.2, 0.25) is 0 Å². The first kappa shape index (κ1) is 18.5. The second kappa shape index (κ2) is 8.83. The molecular formula is C21H22O4. The summed E-state index contributed by atoms with van der Waals surface area (Å²) >= 11 is 0. The third-order valence-electron chi connectivity index (χ3n) is 3.81. The highest BCUT2D eigenvalue weighted by molar-refractivity contribution is 5.90. The SMILES string of the molecule is C.O=C(OC1C=CC(OC(=O)c2ccccc2)CC1)c1ccccc1. The summed E-state index contributed by atoms with van der Waals surface area (Å²) in [6, 6.07) is 17.8. The summed E-state index contributed by atoms with van der Waals surface area (Å²) in [5.41, 5.74) is 1.06. The zero-order chi connectivity index (χ0) is 16.8. The molecule has 0 fully saturated rings. The van der Waals surface area contributed by atoms with Crippen LogP contribution < -0.4 is 0 Å². The smallest absolute Gasteiger partial charge is 0.338 e. The van der Waals surface area contributed by atoms with Gasteiger partial charge in [-0.3, -0.25) is 0 Å². The molecular weight excluding hydrogens is 316 g/mol. The van der Waals surface area contributed by atoms with Gasteiger partial charge in [0.25, 0.3) is 0 Å². The van der Waals surface area contributed by atoms with E-state index in [0.29, 0.717) is 24.0 Å². The van der Waals surface area contributed by atoms with Crippen molar-refractivity contribution in [3.63, 3.8) is 0 Å². The summed E-state index contributed by atoms with van der Waals surface area (Å²) < 4.78 is 10.9. The third-order valence-corrected chi connectivity index (χ3v) is 3.81. The van der Waals surface area contributed by atoms with Crippen LogP contribution >= 0.6 is 0 Å². The molecule has 4 nitrogen and oxygen atoms in total. The fraction of sp³-hybridized carbons (Fsp3) is 0.238. The monoisotopic (exact) mass is 338 g/mol. The Morgan fingerprint density at radius 2 is 1.04 bits per heavy atom. The van der Waals surface area contributed by atoms with Crippen molar-refractivity contribution in [2.45, 2.75) is 32.5 Å². The topological polar surface area (TPSA) is 52.6 Å². The number of benzene rings is 2. The van der Waals surface area contributed by atoms with Crippen LogP contribution in [0.4, 0.5) is 0 Å². The van der Waals surface area contributed by atoms with Gasteiger partial charge in [-0.2, -0.15) is 0 Å². The van der Waals surface area contributed by atoms with Crippen molar-refractivity contribution in [1.82, 2.24) is 0 Å². The average molecular weight is 338 g/mol. The van der Waals surface area contributed by atoms with Gasteiger partial charge in [-0.15, -0.1) is 0 Å². The van der Waals surface area contributed by atoms with Crippen LogP contribution in [-0.4, -0.2) is 24.1 Å². The highest BCUT2D eigenvalue weighted by Crippen LogP contribution is 2.19. The van der Waals surface area contributed by atoms with Crippen LogP contribution in [0.25, 0.3) is 0 Å². The molecule has 0 aliphatic heterocycles. The van der Waals surface area contributed by atoms with Crippen LogP contribution in [0, 0.1) is 0 Å². The van der Waals surface area contributed by atoms with Crippen molar-refractivity contribution in [3.8, 4) is 0 Å². The van der Waals surface area contributed by atoms with Crippen molar-refractivity contribution in [1.29, 1.82) is 0 Å². The van der Waals surface area contributed by atoms with Crippen LogP contribution in [0.2, 0.25) is 0 Å². The van der Waals surface area contributed by atoms with Gasteiger partial charge < -0.3 is 9.47 Å². The lowest BCUT2D eigenvalue weighted by atomic mass is 10.0. The summed E-state index contributed by atoms with van der Waals surface area (Å²) in [6.07, 6.45) is 4.25. The maximum Gasteiger partial charge on any atom is 0.338 e. The molecule has 3 rings (SSSR count). The number of carbonyl (C=O) groups excluding carboxylic acids is 2. The van der Waals surface area contributed by atoms with E-state index < -0.39 is 0 Å². The second-order valence-electron chi connectivity index (χ2n) is 5.58. The Morgan fingerprint density at radius 3 is 1.36 bits per heavy atom. The second-order valence-corrected chi connectivity index (χ2v) is 5.58. The molecule has 0 radical (unpaired) electrons. The number of hydrogen-bond donors (Lipinski definition) is 0. The van der Waals surface area contributed by atoms with Crippen molar-refractivity contribution in [2.24, 2.45) is 0 Å². The molecule has 1 aliphatic rings. The minimum absolute atomic E-state index is 0. The van der Waals surface area contributed by atoms with Gasteiger partial charge in [0.15, 0.2) is 0 Å². The van der Waals surface area contributed by atoms with Gasteiger partial charge in [-0.05, 0) is 49.3 Å². The molecule has 130 valence electrons. The molecule has 0 bridgehead atoms. The van der Waals surface area contributed by atoms with Crippen molar-refractivity contribution >= 4 is 11.9 Å². The first-order chi connectivity index (χ1) is 11.7. The fourth-order valence-electron chi connectivity index (χ4n) is 2.52. The Bertz CT molecular complexity index is 659. The summed E-state index contributed by atoms with van der Waals surface area (Å²) in [5, 5.41) is 0. The Labute approximate surface area is 148 Å². The lowest BCUT2D eigenvalue weighted by Gasteiger charge is -2.23. The molecule has 0 heterocycles. The van der Waals surface area contributed by atoms with E-state index >= 15 is 0 Å².